The highest BCUT2D eigenvalue weighted by molar-refractivity contribution is 6.11. The first-order valence-electron chi connectivity index (χ1n) is 10.7. The maximum Gasteiger partial charge on any atom is 0.344 e. The molecule has 0 atom stereocenters. The zero-order valence-corrected chi connectivity index (χ0v) is 18.3. The highest BCUT2D eigenvalue weighted by Gasteiger charge is 2.54. The summed E-state index contributed by atoms with van der Waals surface area (Å²) in [4.78, 5) is 39.5. The van der Waals surface area contributed by atoms with E-state index in [2.05, 4.69) is 15.8 Å². The van der Waals surface area contributed by atoms with Crippen LogP contribution in [0.5, 0.6) is 0 Å². The van der Waals surface area contributed by atoms with Crippen molar-refractivity contribution in [3.63, 3.8) is 0 Å². The molecule has 0 bridgehead atoms. The summed E-state index contributed by atoms with van der Waals surface area (Å²) in [5.74, 6) is -1.17. The van der Waals surface area contributed by atoms with Gasteiger partial charge >= 0.3 is 6.03 Å². The van der Waals surface area contributed by atoms with Gasteiger partial charge in [0.15, 0.2) is 5.54 Å². The van der Waals surface area contributed by atoms with E-state index in [1.165, 1.54) is 0 Å². The zero-order valence-electron chi connectivity index (χ0n) is 18.3. The van der Waals surface area contributed by atoms with Gasteiger partial charge in [0.05, 0.1) is 5.69 Å². The van der Waals surface area contributed by atoms with E-state index in [9.17, 15) is 14.4 Å². The number of hydrazine groups is 1. The van der Waals surface area contributed by atoms with Crippen molar-refractivity contribution in [1.29, 1.82) is 0 Å². The first-order valence-corrected chi connectivity index (χ1v) is 10.7. The predicted molar refractivity (Wildman–Crippen MR) is 125 cm³/mol. The lowest BCUT2D eigenvalue weighted by Gasteiger charge is -2.27. The van der Waals surface area contributed by atoms with Gasteiger partial charge in [0.25, 0.3) is 11.8 Å². The standard InChI is InChI=1S/C26H21N5O3/c1-18-16-17-27-30(18)22-14-12-19(13-15-22)23(32)29-31-24(33)26(28-25(31)34,20-8-4-2-5-9-20)21-10-6-3-7-11-21/h2-17H,1H3,(H,28,34)(H,29,32). The fourth-order valence-corrected chi connectivity index (χ4v) is 4.13. The number of imide groups is 1. The summed E-state index contributed by atoms with van der Waals surface area (Å²) in [7, 11) is 0. The minimum Gasteiger partial charge on any atom is -0.314 e. The molecule has 3 aromatic carbocycles. The Kier molecular flexibility index (Phi) is 5.18. The molecule has 5 rings (SSSR count). The Bertz CT molecular complexity index is 1330. The molecule has 0 aliphatic carbocycles. The molecule has 1 saturated heterocycles. The Labute approximate surface area is 195 Å². The van der Waals surface area contributed by atoms with E-state index < -0.39 is 23.4 Å². The molecule has 34 heavy (non-hydrogen) atoms. The van der Waals surface area contributed by atoms with Crippen molar-refractivity contribution in [3.8, 4) is 5.69 Å². The van der Waals surface area contributed by atoms with Gasteiger partial charge in [0.2, 0.25) is 0 Å². The van der Waals surface area contributed by atoms with E-state index in [-0.39, 0.29) is 0 Å². The lowest BCUT2D eigenvalue weighted by atomic mass is 9.83. The molecule has 8 heteroatoms. The van der Waals surface area contributed by atoms with E-state index in [1.54, 1.807) is 83.7 Å². The second-order valence-electron chi connectivity index (χ2n) is 7.92. The first-order chi connectivity index (χ1) is 16.5. The van der Waals surface area contributed by atoms with Crippen LogP contribution in [0.15, 0.2) is 97.2 Å². The van der Waals surface area contributed by atoms with Crippen molar-refractivity contribution in [3.05, 3.63) is 120 Å². The van der Waals surface area contributed by atoms with E-state index in [0.717, 1.165) is 16.4 Å². The number of aromatic nitrogens is 2. The highest BCUT2D eigenvalue weighted by Crippen LogP contribution is 2.35. The molecule has 0 spiro atoms. The minimum absolute atomic E-state index is 0.297. The smallest absolute Gasteiger partial charge is 0.314 e. The van der Waals surface area contributed by atoms with Gasteiger partial charge in [0.1, 0.15) is 0 Å². The lowest BCUT2D eigenvalue weighted by molar-refractivity contribution is -0.131. The Morgan fingerprint density at radius 1 is 0.853 bits per heavy atom. The fraction of sp³-hybridized carbons (Fsp3) is 0.0769. The average Bonchev–Trinajstić information content (AvgIpc) is 3.42. The van der Waals surface area contributed by atoms with Gasteiger partial charge in [-0.1, -0.05) is 60.7 Å². The number of aryl methyl sites for hydroxylation is 1. The number of benzene rings is 3. The van der Waals surface area contributed by atoms with Crippen molar-refractivity contribution in [1.82, 2.24) is 25.5 Å². The number of carbonyl (C=O) groups excluding carboxylic acids is 3. The first kappa shape index (κ1) is 21.1. The van der Waals surface area contributed by atoms with Gasteiger partial charge in [0, 0.05) is 17.5 Å². The number of nitrogens with one attached hydrogen (secondary N) is 2. The van der Waals surface area contributed by atoms with Crippen LogP contribution in [0.2, 0.25) is 0 Å². The van der Waals surface area contributed by atoms with Gasteiger partial charge in [-0.15, -0.1) is 0 Å². The van der Waals surface area contributed by atoms with Crippen LogP contribution in [-0.4, -0.2) is 32.6 Å². The lowest BCUT2D eigenvalue weighted by Crippen LogP contribution is -2.49. The summed E-state index contributed by atoms with van der Waals surface area (Å²) in [6.45, 7) is 1.93. The Morgan fingerprint density at radius 3 is 1.97 bits per heavy atom. The second-order valence-corrected chi connectivity index (χ2v) is 7.92. The summed E-state index contributed by atoms with van der Waals surface area (Å²) in [5, 5.41) is 7.79. The second kappa shape index (κ2) is 8.32. The van der Waals surface area contributed by atoms with Gasteiger partial charge in [-0.2, -0.15) is 10.1 Å². The van der Waals surface area contributed by atoms with Crippen LogP contribution < -0.4 is 10.7 Å². The Balaban J connectivity index is 1.44. The molecule has 168 valence electrons. The number of nitrogens with zero attached hydrogens (tertiary/aromatic N) is 3. The molecular formula is C26H21N5O3. The maximum atomic E-state index is 13.7. The van der Waals surface area contributed by atoms with Crippen molar-refractivity contribution >= 4 is 17.8 Å². The summed E-state index contributed by atoms with van der Waals surface area (Å²) in [6, 6.07) is 25.8. The molecule has 2 heterocycles. The molecule has 4 amide bonds. The van der Waals surface area contributed by atoms with Crippen molar-refractivity contribution in [2.45, 2.75) is 12.5 Å². The summed E-state index contributed by atoms with van der Waals surface area (Å²) in [5.41, 5.74) is 4.24. The Hall–Kier alpha value is -4.72. The molecule has 0 unspecified atom stereocenters. The third-order valence-corrected chi connectivity index (χ3v) is 5.85. The maximum absolute atomic E-state index is 13.7. The molecule has 0 radical (unpaired) electrons. The topological polar surface area (TPSA) is 96.3 Å². The monoisotopic (exact) mass is 451 g/mol. The third-order valence-electron chi connectivity index (χ3n) is 5.85. The fourth-order valence-electron chi connectivity index (χ4n) is 4.13. The van der Waals surface area contributed by atoms with Gasteiger partial charge in [-0.25, -0.2) is 9.48 Å². The molecule has 0 saturated carbocycles. The number of rotatable bonds is 5. The molecule has 1 aliphatic rings. The van der Waals surface area contributed by atoms with Crippen LogP contribution in [0.25, 0.3) is 5.69 Å². The van der Waals surface area contributed by atoms with Crippen LogP contribution in [-0.2, 0) is 10.3 Å². The van der Waals surface area contributed by atoms with Crippen molar-refractivity contribution < 1.29 is 14.4 Å². The minimum atomic E-state index is -1.45. The number of hydrogen-bond donors (Lipinski definition) is 2. The molecule has 4 aromatic rings. The molecule has 2 N–H and O–H groups in total. The average molecular weight is 451 g/mol. The summed E-state index contributed by atoms with van der Waals surface area (Å²) in [6.07, 6.45) is 1.69. The van der Waals surface area contributed by atoms with Crippen LogP contribution in [0.4, 0.5) is 4.79 Å². The van der Waals surface area contributed by atoms with Crippen LogP contribution in [0.1, 0.15) is 27.2 Å². The van der Waals surface area contributed by atoms with Crippen molar-refractivity contribution in [2.24, 2.45) is 0 Å². The molecular weight excluding hydrogens is 430 g/mol. The molecule has 1 aromatic heterocycles. The van der Waals surface area contributed by atoms with Crippen LogP contribution in [0, 0.1) is 6.92 Å². The van der Waals surface area contributed by atoms with E-state index in [4.69, 9.17) is 0 Å². The highest BCUT2D eigenvalue weighted by atomic mass is 16.2. The largest absolute Gasteiger partial charge is 0.344 e. The van der Waals surface area contributed by atoms with Crippen LogP contribution in [0.3, 0.4) is 0 Å². The number of urea groups is 1. The normalized spacial score (nSPS) is 14.7. The number of hydrogen-bond acceptors (Lipinski definition) is 4. The zero-order chi connectivity index (χ0) is 23.7. The van der Waals surface area contributed by atoms with Gasteiger partial charge in [-0.3, -0.25) is 15.0 Å². The SMILES string of the molecule is Cc1ccnn1-c1ccc(C(=O)NN2C(=O)NC(c3ccccc3)(c3ccccc3)C2=O)cc1. The summed E-state index contributed by atoms with van der Waals surface area (Å²) >= 11 is 0. The van der Waals surface area contributed by atoms with Crippen LogP contribution >= 0.6 is 0 Å². The van der Waals surface area contributed by atoms with Gasteiger partial charge in [-0.05, 0) is 48.4 Å². The van der Waals surface area contributed by atoms with Crippen molar-refractivity contribution in [2.75, 3.05) is 0 Å². The predicted octanol–water partition coefficient (Wildman–Crippen LogP) is 3.32. The number of carbonyl (C=O) groups is 3. The summed E-state index contributed by atoms with van der Waals surface area (Å²) < 4.78 is 1.74. The Morgan fingerprint density at radius 2 is 1.44 bits per heavy atom. The number of amides is 4. The van der Waals surface area contributed by atoms with Gasteiger partial charge < -0.3 is 5.32 Å². The van der Waals surface area contributed by atoms with E-state index in [1.807, 2.05) is 25.1 Å². The molecule has 1 fully saturated rings. The van der Waals surface area contributed by atoms with E-state index >= 15 is 0 Å². The molecule has 8 nitrogen and oxygen atoms in total. The quantitative estimate of drug-likeness (QED) is 0.455. The molecule has 1 aliphatic heterocycles. The third kappa shape index (κ3) is 3.41. The van der Waals surface area contributed by atoms with E-state index in [0.29, 0.717) is 16.7 Å².